The van der Waals surface area contributed by atoms with Crippen molar-refractivity contribution in [1.82, 2.24) is 0 Å². The van der Waals surface area contributed by atoms with E-state index in [1.54, 1.807) is 6.92 Å². The average Bonchev–Trinajstić information content (AvgIpc) is 3.00. The van der Waals surface area contributed by atoms with Crippen molar-refractivity contribution >= 4 is 28.1 Å². The second-order valence-corrected chi connectivity index (χ2v) is 7.59. The maximum atomic E-state index is 13.4. The van der Waals surface area contributed by atoms with Gasteiger partial charge in [0.05, 0.1) is 0 Å². The monoisotopic (exact) mass is 363 g/mol. The van der Waals surface area contributed by atoms with Gasteiger partial charge in [-0.05, 0) is 0 Å². The summed E-state index contributed by atoms with van der Waals surface area (Å²) in [6, 6.07) is 0. The minimum atomic E-state index is -4.25. The van der Waals surface area contributed by atoms with Crippen molar-refractivity contribution < 1.29 is 50.3 Å². The molecule has 0 aromatic heterocycles. The number of alkyl halides is 2. The lowest BCUT2D eigenvalue weighted by molar-refractivity contribution is -0.777. The van der Waals surface area contributed by atoms with E-state index in [1.165, 1.54) is 0 Å². The van der Waals surface area contributed by atoms with Gasteiger partial charge in [-0.25, -0.2) is 4.79 Å². The van der Waals surface area contributed by atoms with Crippen LogP contribution in [-0.2, 0) is 37.9 Å². The number of rotatable bonds is 5. The van der Waals surface area contributed by atoms with Crippen molar-refractivity contribution in [2.75, 3.05) is 0 Å². The largest absolute Gasteiger partial charge is 0.691 e. The van der Waals surface area contributed by atoms with E-state index in [4.69, 9.17) is 8.92 Å². The molecule has 0 aromatic rings. The summed E-state index contributed by atoms with van der Waals surface area (Å²) in [5.74, 6) is -2.51. The minimum Gasteiger partial charge on any atom is -0.691 e. The molecule has 3 saturated heterocycles. The maximum Gasteiger partial charge on any atom is 0.415 e. The van der Waals surface area contributed by atoms with Crippen LogP contribution in [0, 0.1) is 5.92 Å². The first kappa shape index (κ1) is 16.3. The van der Waals surface area contributed by atoms with Crippen molar-refractivity contribution in [2.45, 2.75) is 41.8 Å². The Hall–Kier alpha value is -0.570. The van der Waals surface area contributed by atoms with E-state index in [0.717, 1.165) is 0 Å². The molecule has 0 aromatic carbocycles. The van der Waals surface area contributed by atoms with Gasteiger partial charge < -0.3 is 14.7 Å². The molecule has 0 radical (unpaired) electrons. The molecule has 126 valence electrons. The molecular formula is C9H9F2O9S2-. The molecule has 9 nitrogen and oxygen atoms in total. The van der Waals surface area contributed by atoms with Crippen molar-refractivity contribution in [1.29, 1.82) is 0 Å². The van der Waals surface area contributed by atoms with Gasteiger partial charge in [-0.1, -0.05) is 6.92 Å². The summed E-state index contributed by atoms with van der Waals surface area (Å²) in [7, 11) is -4.08. The molecule has 3 heterocycles. The number of hydrogen-bond donors (Lipinski definition) is 0. The first-order valence-electron chi connectivity index (χ1n) is 6.00. The standard InChI is InChI=1S/C9H10F2O9S2/c1-2-3-5(17-8(12)9(10,11)21-20-19-13)7-6(16-3)4(2)18-22(7,14)15/h2-7,13H,1H3/p-1. The minimum absolute atomic E-state index is 0.446. The Kier molecular flexibility index (Phi) is 3.87. The molecule has 0 amide bonds. The molecule has 2 bridgehead atoms. The highest BCUT2D eigenvalue weighted by molar-refractivity contribution is 7.96. The molecule has 13 heteroatoms. The molecule has 3 aliphatic heterocycles. The molecular weight excluding hydrogens is 354 g/mol. The van der Waals surface area contributed by atoms with Gasteiger partial charge in [-0.2, -0.15) is 21.5 Å². The summed E-state index contributed by atoms with van der Waals surface area (Å²) < 4.78 is 68.7. The highest BCUT2D eigenvalue weighted by Gasteiger charge is 2.71. The zero-order valence-corrected chi connectivity index (χ0v) is 12.3. The number of halogens is 2. The summed E-state index contributed by atoms with van der Waals surface area (Å²) in [6.07, 6.45) is -3.85. The molecule has 22 heavy (non-hydrogen) atoms. The van der Waals surface area contributed by atoms with Gasteiger partial charge in [0.2, 0.25) is 0 Å². The van der Waals surface area contributed by atoms with E-state index >= 15 is 0 Å². The normalized spacial score (nSPS) is 41.8. The van der Waals surface area contributed by atoms with Crippen LogP contribution < -0.4 is 5.26 Å². The summed E-state index contributed by atoms with van der Waals surface area (Å²) in [6.45, 7) is 1.61. The Morgan fingerprint density at radius 3 is 2.64 bits per heavy atom. The topological polar surface area (TPSA) is 120 Å². The molecule has 0 aliphatic carbocycles. The summed E-state index contributed by atoms with van der Waals surface area (Å²) in [5, 5.41) is 6.67. The van der Waals surface area contributed by atoms with Gasteiger partial charge in [0.25, 0.3) is 10.1 Å². The fourth-order valence-electron chi connectivity index (χ4n) is 2.99. The van der Waals surface area contributed by atoms with Gasteiger partial charge in [0.15, 0.2) is 11.4 Å². The quantitative estimate of drug-likeness (QED) is 0.195. The molecule has 0 spiro atoms. The van der Waals surface area contributed by atoms with E-state index in [2.05, 4.69) is 14.1 Å². The SMILES string of the molecule is CC1C2OC3C1OS(=O)(=O)C3C2OC(=O)C(F)(F)SOO[O-]. The summed E-state index contributed by atoms with van der Waals surface area (Å²) >= 11 is -0.854. The first-order valence-corrected chi connectivity index (χ1v) is 8.21. The van der Waals surface area contributed by atoms with E-state index in [1.807, 2.05) is 0 Å². The third-order valence-corrected chi connectivity index (χ3v) is 6.06. The summed E-state index contributed by atoms with van der Waals surface area (Å²) in [4.78, 5) is 11.5. The van der Waals surface area contributed by atoms with Crippen molar-refractivity contribution in [2.24, 2.45) is 5.92 Å². The number of fused-ring (bicyclic) bond motifs is 1. The van der Waals surface area contributed by atoms with Crippen LogP contribution in [0.2, 0.25) is 0 Å². The Labute approximate surface area is 127 Å². The van der Waals surface area contributed by atoms with E-state index in [-0.39, 0.29) is 0 Å². The van der Waals surface area contributed by atoms with Crippen LogP contribution in [0.1, 0.15) is 6.92 Å². The number of carbonyl (C=O) groups is 1. The Bertz CT molecular complexity index is 582. The van der Waals surface area contributed by atoms with Crippen LogP contribution in [-0.4, -0.2) is 49.3 Å². The second kappa shape index (κ2) is 5.22. The lowest BCUT2D eigenvalue weighted by atomic mass is 9.86. The molecule has 0 saturated carbocycles. The Morgan fingerprint density at radius 1 is 1.32 bits per heavy atom. The predicted octanol–water partition coefficient (Wildman–Crippen LogP) is -1.12. The molecule has 6 unspecified atom stereocenters. The molecule has 3 rings (SSSR count). The number of carbonyl (C=O) groups excluding carboxylic acids is 1. The van der Waals surface area contributed by atoms with Crippen LogP contribution in [0.4, 0.5) is 8.78 Å². The maximum absolute atomic E-state index is 13.4. The number of esters is 1. The zero-order chi connectivity index (χ0) is 16.3. The lowest BCUT2D eigenvalue weighted by Crippen LogP contribution is -2.48. The third-order valence-electron chi connectivity index (χ3n) is 3.87. The second-order valence-electron chi connectivity index (χ2n) is 5.05. The lowest BCUT2D eigenvalue weighted by Gasteiger charge is -2.27. The summed E-state index contributed by atoms with van der Waals surface area (Å²) in [5.41, 5.74) is 0. The van der Waals surface area contributed by atoms with Gasteiger partial charge >= 0.3 is 11.2 Å². The third kappa shape index (κ3) is 2.31. The smallest absolute Gasteiger partial charge is 0.415 e. The highest BCUT2D eigenvalue weighted by atomic mass is 32.2. The molecule has 0 N–H and O–H groups in total. The van der Waals surface area contributed by atoms with Gasteiger partial charge in [0.1, 0.15) is 30.4 Å². The van der Waals surface area contributed by atoms with Gasteiger partial charge in [-0.15, -0.1) is 0 Å². The predicted molar refractivity (Wildman–Crippen MR) is 60.0 cm³/mol. The zero-order valence-electron chi connectivity index (χ0n) is 10.7. The highest BCUT2D eigenvalue weighted by Crippen LogP contribution is 2.51. The van der Waals surface area contributed by atoms with Crippen molar-refractivity contribution in [3.05, 3.63) is 0 Å². The average molecular weight is 363 g/mol. The van der Waals surface area contributed by atoms with E-state index in [0.29, 0.717) is 0 Å². The number of hydrogen-bond acceptors (Lipinski definition) is 10. The van der Waals surface area contributed by atoms with Gasteiger partial charge in [0, 0.05) is 5.92 Å². The van der Waals surface area contributed by atoms with Crippen LogP contribution in [0.3, 0.4) is 0 Å². The fraction of sp³-hybridized carbons (Fsp3) is 0.889. The van der Waals surface area contributed by atoms with Crippen molar-refractivity contribution in [3.63, 3.8) is 0 Å². The van der Waals surface area contributed by atoms with Crippen LogP contribution >= 0.6 is 12.0 Å². The van der Waals surface area contributed by atoms with E-state index < -0.39 is 69.0 Å². The molecule has 3 aliphatic rings. The fourth-order valence-corrected chi connectivity index (χ4v) is 5.03. The van der Waals surface area contributed by atoms with Crippen LogP contribution in [0.5, 0.6) is 0 Å². The van der Waals surface area contributed by atoms with Crippen LogP contribution in [0.15, 0.2) is 0 Å². The Morgan fingerprint density at radius 2 is 2.00 bits per heavy atom. The van der Waals surface area contributed by atoms with Crippen molar-refractivity contribution in [3.8, 4) is 0 Å². The van der Waals surface area contributed by atoms with E-state index in [9.17, 15) is 27.3 Å². The molecule has 3 fully saturated rings. The van der Waals surface area contributed by atoms with Gasteiger partial charge in [-0.3, -0.25) is 9.22 Å². The number of ether oxygens (including phenoxy) is 2. The first-order chi connectivity index (χ1) is 10.2. The van der Waals surface area contributed by atoms with Crippen LogP contribution in [0.25, 0.3) is 0 Å². The Balaban J connectivity index is 1.77. The molecule has 6 atom stereocenters.